The van der Waals surface area contributed by atoms with Crippen LogP contribution in [-0.4, -0.2) is 60.1 Å². The second-order valence-electron chi connectivity index (χ2n) is 7.31. The molecule has 1 saturated heterocycles. The van der Waals surface area contributed by atoms with Gasteiger partial charge in [-0.15, -0.1) is 0 Å². The molecule has 0 aromatic heterocycles. The zero-order valence-corrected chi connectivity index (χ0v) is 17.7. The molecular weight excluding hydrogens is 380 g/mol. The molecule has 3 rings (SSSR count). The highest BCUT2D eigenvalue weighted by Gasteiger charge is 2.46. The molecule has 6 heteroatoms. The summed E-state index contributed by atoms with van der Waals surface area (Å²) >= 11 is 0. The second kappa shape index (κ2) is 10.9. The van der Waals surface area contributed by atoms with Crippen LogP contribution in [0.1, 0.15) is 25.0 Å². The summed E-state index contributed by atoms with van der Waals surface area (Å²) in [5.74, 6) is -0.770. The zero-order valence-electron chi connectivity index (χ0n) is 17.7. The van der Waals surface area contributed by atoms with Crippen molar-refractivity contribution in [2.45, 2.75) is 39.0 Å². The monoisotopic (exact) mass is 410 g/mol. The van der Waals surface area contributed by atoms with Gasteiger partial charge in [0.25, 0.3) is 0 Å². The molecule has 2 atom stereocenters. The number of esters is 2. The highest BCUT2D eigenvalue weighted by Crippen LogP contribution is 2.24. The van der Waals surface area contributed by atoms with Crippen molar-refractivity contribution in [3.05, 3.63) is 71.8 Å². The molecule has 2 aromatic rings. The Morgan fingerprint density at radius 1 is 0.733 bits per heavy atom. The standard InChI is InChI=1S/C24H30N2O4/c1-3-29-23(27)21-22(24(28)30-4-2)26(18-20-13-9-6-10-14-20)16-15-25(21)17-19-11-7-5-8-12-19/h5-14,21-22H,3-4,15-18H2,1-2H3/t21-,22-/m1/s1. The van der Waals surface area contributed by atoms with Gasteiger partial charge in [0, 0.05) is 26.2 Å². The fourth-order valence-corrected chi connectivity index (χ4v) is 3.94. The number of carbonyl (C=O) groups is 2. The van der Waals surface area contributed by atoms with Crippen LogP contribution in [0.4, 0.5) is 0 Å². The maximum absolute atomic E-state index is 13.0. The van der Waals surface area contributed by atoms with Gasteiger partial charge in [-0.2, -0.15) is 0 Å². The summed E-state index contributed by atoms with van der Waals surface area (Å²) in [5, 5.41) is 0. The van der Waals surface area contributed by atoms with Crippen molar-refractivity contribution in [2.75, 3.05) is 26.3 Å². The largest absolute Gasteiger partial charge is 0.465 e. The highest BCUT2D eigenvalue weighted by molar-refractivity contribution is 5.87. The molecule has 1 heterocycles. The third-order valence-corrected chi connectivity index (χ3v) is 5.27. The fraction of sp³-hybridized carbons (Fsp3) is 0.417. The second-order valence-corrected chi connectivity index (χ2v) is 7.31. The summed E-state index contributed by atoms with van der Waals surface area (Å²) in [5.41, 5.74) is 2.18. The summed E-state index contributed by atoms with van der Waals surface area (Å²) < 4.78 is 10.8. The molecule has 0 spiro atoms. The van der Waals surface area contributed by atoms with E-state index in [9.17, 15) is 9.59 Å². The quantitative estimate of drug-likeness (QED) is 0.624. The van der Waals surface area contributed by atoms with Gasteiger partial charge in [0.2, 0.25) is 0 Å². The fourth-order valence-electron chi connectivity index (χ4n) is 3.94. The van der Waals surface area contributed by atoms with Gasteiger partial charge in [-0.05, 0) is 25.0 Å². The number of nitrogens with zero attached hydrogens (tertiary/aromatic N) is 2. The summed E-state index contributed by atoms with van der Waals surface area (Å²) in [6.45, 7) is 6.54. The van der Waals surface area contributed by atoms with E-state index < -0.39 is 12.1 Å². The third kappa shape index (κ3) is 5.46. The van der Waals surface area contributed by atoms with Gasteiger partial charge in [-0.1, -0.05) is 60.7 Å². The molecule has 2 aromatic carbocycles. The molecule has 0 saturated carbocycles. The molecular formula is C24H30N2O4. The average Bonchev–Trinajstić information content (AvgIpc) is 2.76. The molecule has 0 aliphatic carbocycles. The van der Waals surface area contributed by atoms with E-state index in [1.54, 1.807) is 13.8 Å². The van der Waals surface area contributed by atoms with Crippen LogP contribution in [0, 0.1) is 0 Å². The lowest BCUT2D eigenvalue weighted by atomic mass is 9.99. The van der Waals surface area contributed by atoms with Crippen LogP contribution < -0.4 is 0 Å². The number of carbonyl (C=O) groups excluding carboxylic acids is 2. The Morgan fingerprint density at radius 3 is 1.43 bits per heavy atom. The van der Waals surface area contributed by atoms with Crippen molar-refractivity contribution in [3.63, 3.8) is 0 Å². The topological polar surface area (TPSA) is 59.1 Å². The maximum atomic E-state index is 13.0. The Hall–Kier alpha value is -2.70. The van der Waals surface area contributed by atoms with Crippen LogP contribution in [0.2, 0.25) is 0 Å². The van der Waals surface area contributed by atoms with E-state index in [0.717, 1.165) is 11.1 Å². The van der Waals surface area contributed by atoms with Crippen LogP contribution in [0.5, 0.6) is 0 Å². The summed E-state index contributed by atoms with van der Waals surface area (Å²) in [6.07, 6.45) is 0. The van der Waals surface area contributed by atoms with Crippen molar-refractivity contribution in [1.82, 2.24) is 9.80 Å². The predicted molar refractivity (Wildman–Crippen MR) is 115 cm³/mol. The Bertz CT molecular complexity index is 743. The van der Waals surface area contributed by atoms with Crippen molar-refractivity contribution in [1.29, 1.82) is 0 Å². The summed E-state index contributed by atoms with van der Waals surface area (Å²) in [7, 11) is 0. The van der Waals surface area contributed by atoms with Crippen LogP contribution in [-0.2, 0) is 32.2 Å². The minimum absolute atomic E-state index is 0.267. The number of hydrogen-bond donors (Lipinski definition) is 0. The van der Waals surface area contributed by atoms with Crippen molar-refractivity contribution >= 4 is 11.9 Å². The molecule has 1 aliphatic heterocycles. The van der Waals surface area contributed by atoms with Crippen LogP contribution in [0.15, 0.2) is 60.7 Å². The maximum Gasteiger partial charge on any atom is 0.325 e. The predicted octanol–water partition coefficient (Wildman–Crippen LogP) is 2.87. The summed E-state index contributed by atoms with van der Waals surface area (Å²) in [6, 6.07) is 18.5. The molecule has 0 bridgehead atoms. The van der Waals surface area contributed by atoms with Crippen LogP contribution >= 0.6 is 0 Å². The van der Waals surface area contributed by atoms with E-state index in [0.29, 0.717) is 26.2 Å². The number of rotatable bonds is 8. The number of piperazine rings is 1. The number of ether oxygens (including phenoxy) is 2. The Morgan fingerprint density at radius 2 is 1.10 bits per heavy atom. The lowest BCUT2D eigenvalue weighted by Crippen LogP contribution is -2.65. The third-order valence-electron chi connectivity index (χ3n) is 5.27. The van der Waals surface area contributed by atoms with E-state index in [2.05, 4.69) is 0 Å². The first-order valence-corrected chi connectivity index (χ1v) is 10.5. The van der Waals surface area contributed by atoms with Crippen molar-refractivity contribution in [2.24, 2.45) is 0 Å². The highest BCUT2D eigenvalue weighted by atomic mass is 16.5. The van der Waals surface area contributed by atoms with Gasteiger partial charge in [0.15, 0.2) is 0 Å². The van der Waals surface area contributed by atoms with Gasteiger partial charge in [0.05, 0.1) is 13.2 Å². The smallest absolute Gasteiger partial charge is 0.325 e. The molecule has 0 N–H and O–H groups in total. The molecule has 160 valence electrons. The Labute approximate surface area is 178 Å². The number of hydrogen-bond acceptors (Lipinski definition) is 6. The van der Waals surface area contributed by atoms with E-state index in [-0.39, 0.29) is 25.2 Å². The van der Waals surface area contributed by atoms with E-state index in [1.165, 1.54) is 0 Å². The van der Waals surface area contributed by atoms with Gasteiger partial charge in [-0.25, -0.2) is 0 Å². The molecule has 0 unspecified atom stereocenters. The lowest BCUT2D eigenvalue weighted by Gasteiger charge is -2.45. The Kier molecular flexibility index (Phi) is 7.99. The normalized spacial score (nSPS) is 19.9. The molecule has 1 fully saturated rings. The van der Waals surface area contributed by atoms with Gasteiger partial charge >= 0.3 is 11.9 Å². The van der Waals surface area contributed by atoms with E-state index in [4.69, 9.17) is 9.47 Å². The average molecular weight is 411 g/mol. The first kappa shape index (κ1) is 22.0. The van der Waals surface area contributed by atoms with Gasteiger partial charge < -0.3 is 9.47 Å². The Balaban J connectivity index is 1.91. The van der Waals surface area contributed by atoms with Crippen LogP contribution in [0.25, 0.3) is 0 Å². The number of benzene rings is 2. The summed E-state index contributed by atoms with van der Waals surface area (Å²) in [4.78, 5) is 30.1. The van der Waals surface area contributed by atoms with Crippen molar-refractivity contribution in [3.8, 4) is 0 Å². The minimum atomic E-state index is -0.721. The minimum Gasteiger partial charge on any atom is -0.465 e. The van der Waals surface area contributed by atoms with Crippen LogP contribution in [0.3, 0.4) is 0 Å². The van der Waals surface area contributed by atoms with E-state index in [1.807, 2.05) is 70.5 Å². The zero-order chi connectivity index (χ0) is 21.3. The molecule has 0 amide bonds. The molecule has 6 nitrogen and oxygen atoms in total. The van der Waals surface area contributed by atoms with Gasteiger partial charge in [-0.3, -0.25) is 19.4 Å². The SMILES string of the molecule is CCOC(=O)[C@H]1[C@H](C(=O)OCC)N(Cc2ccccc2)CCN1Cc1ccccc1. The molecule has 1 aliphatic rings. The van der Waals surface area contributed by atoms with E-state index >= 15 is 0 Å². The molecule has 0 radical (unpaired) electrons. The molecule has 30 heavy (non-hydrogen) atoms. The lowest BCUT2D eigenvalue weighted by molar-refractivity contribution is -0.169. The van der Waals surface area contributed by atoms with Gasteiger partial charge in [0.1, 0.15) is 12.1 Å². The first-order chi connectivity index (χ1) is 14.6. The first-order valence-electron chi connectivity index (χ1n) is 10.5. The van der Waals surface area contributed by atoms with Crippen molar-refractivity contribution < 1.29 is 19.1 Å².